The summed E-state index contributed by atoms with van der Waals surface area (Å²) >= 11 is 0. The number of carbonyl (C=O) groups excluding carboxylic acids is 1. The van der Waals surface area contributed by atoms with Gasteiger partial charge in [-0.15, -0.1) is 0 Å². The van der Waals surface area contributed by atoms with Crippen molar-refractivity contribution < 1.29 is 35.9 Å². The Morgan fingerprint density at radius 1 is 0.975 bits per heavy atom. The number of hydrogen-bond donors (Lipinski definition) is 1. The molecule has 0 spiro atoms. The van der Waals surface area contributed by atoms with E-state index in [0.717, 1.165) is 18.2 Å². The number of rotatable bonds is 12. The molecule has 0 saturated heterocycles. The third-order valence-corrected chi connectivity index (χ3v) is 5.06. The highest BCUT2D eigenvalue weighted by atomic mass is 19.4. The third-order valence-electron chi connectivity index (χ3n) is 5.06. The van der Waals surface area contributed by atoms with E-state index in [-0.39, 0.29) is 43.0 Å². The number of carbonyl (C=O) groups is 1. The molecule has 1 N–H and O–H groups in total. The SMILES string of the molecule is CC.C\C=C/C(=C\C(=C\CC)C(F)(F)F)C(N=C(CNC(=O)/C(=C/C)N=C(CCC)C(F)(F)F)OC)=C(C)CC. The summed E-state index contributed by atoms with van der Waals surface area (Å²) in [6.45, 7) is 13.4. The van der Waals surface area contributed by atoms with Gasteiger partial charge in [-0.25, -0.2) is 9.98 Å². The van der Waals surface area contributed by atoms with Crippen LogP contribution in [0.15, 0.2) is 68.5 Å². The minimum Gasteiger partial charge on any atom is -0.483 e. The molecule has 0 aromatic rings. The van der Waals surface area contributed by atoms with E-state index >= 15 is 0 Å². The van der Waals surface area contributed by atoms with Crippen LogP contribution in [0.2, 0.25) is 0 Å². The molecule has 0 aliphatic rings. The van der Waals surface area contributed by atoms with E-state index in [2.05, 4.69) is 15.3 Å². The van der Waals surface area contributed by atoms with Gasteiger partial charge in [0.2, 0.25) is 5.90 Å². The maximum absolute atomic E-state index is 13.6. The lowest BCUT2D eigenvalue weighted by atomic mass is 10.0. The van der Waals surface area contributed by atoms with Gasteiger partial charge in [0.1, 0.15) is 11.4 Å². The molecule has 228 valence electrons. The van der Waals surface area contributed by atoms with Gasteiger partial charge >= 0.3 is 12.4 Å². The largest absolute Gasteiger partial charge is 0.483 e. The Balaban J connectivity index is 0. The monoisotopic (exact) mass is 579 g/mol. The summed E-state index contributed by atoms with van der Waals surface area (Å²) in [4.78, 5) is 20.5. The van der Waals surface area contributed by atoms with Crippen molar-refractivity contribution >= 4 is 17.5 Å². The van der Waals surface area contributed by atoms with E-state index in [0.29, 0.717) is 12.0 Å². The highest BCUT2D eigenvalue weighted by Crippen LogP contribution is 2.31. The Kier molecular flexibility index (Phi) is 19.4. The molecule has 5 nitrogen and oxygen atoms in total. The van der Waals surface area contributed by atoms with E-state index in [1.165, 1.54) is 20.1 Å². The van der Waals surface area contributed by atoms with Gasteiger partial charge in [-0.1, -0.05) is 65.3 Å². The molecular weight excluding hydrogens is 536 g/mol. The normalized spacial score (nSPS) is 15.0. The molecule has 11 heteroatoms. The molecule has 0 radical (unpaired) electrons. The fourth-order valence-corrected chi connectivity index (χ4v) is 3.01. The standard InChI is InChI=1S/C27H37F6N3O2.C2H6/c1-8-13-19(16-20(14-9-2)26(28,29)30)24(18(6)11-4)36-23(38-7)17-34-25(37)21(12-5)35-22(15-10-3)27(31,32)33;1-2/h8,12-14,16H,9-11,15,17H2,1-7H3,(H,34,37);1-2H3/b13-8-,19-16+,20-14-,21-12-,24-18?,35-22?,36-23?;. The molecule has 0 aromatic heterocycles. The number of ether oxygens (including phenoxy) is 1. The van der Waals surface area contributed by atoms with Crippen LogP contribution in [0.1, 0.15) is 81.1 Å². The average Bonchev–Trinajstić information content (AvgIpc) is 2.90. The van der Waals surface area contributed by atoms with Crippen LogP contribution in [-0.4, -0.2) is 43.5 Å². The summed E-state index contributed by atoms with van der Waals surface area (Å²) in [5.41, 5.74) is -1.29. The molecule has 0 aliphatic heterocycles. The lowest BCUT2D eigenvalue weighted by Gasteiger charge is -2.15. The summed E-state index contributed by atoms with van der Waals surface area (Å²) in [5.74, 6) is -0.948. The van der Waals surface area contributed by atoms with Gasteiger partial charge in [-0.2, -0.15) is 26.3 Å². The van der Waals surface area contributed by atoms with E-state index in [1.807, 2.05) is 20.8 Å². The molecule has 0 heterocycles. The molecule has 0 atom stereocenters. The number of hydrogen-bond acceptors (Lipinski definition) is 4. The summed E-state index contributed by atoms with van der Waals surface area (Å²) < 4.78 is 85.6. The number of alkyl halides is 6. The van der Waals surface area contributed by atoms with Crippen molar-refractivity contribution in [1.29, 1.82) is 0 Å². The Morgan fingerprint density at radius 3 is 1.98 bits per heavy atom. The summed E-state index contributed by atoms with van der Waals surface area (Å²) in [5, 5.41) is 2.41. The van der Waals surface area contributed by atoms with E-state index in [9.17, 15) is 31.1 Å². The molecule has 0 saturated carbocycles. The Morgan fingerprint density at radius 2 is 1.57 bits per heavy atom. The molecular formula is C29H43F6N3O2. The van der Waals surface area contributed by atoms with Gasteiger partial charge in [0.05, 0.1) is 24.9 Å². The third kappa shape index (κ3) is 14.3. The molecule has 0 aliphatic carbocycles. The van der Waals surface area contributed by atoms with Crippen LogP contribution in [0, 0.1) is 0 Å². The number of nitrogens with one attached hydrogen (secondary N) is 1. The lowest BCUT2D eigenvalue weighted by Crippen LogP contribution is -2.32. The minimum absolute atomic E-state index is 0.0615. The van der Waals surface area contributed by atoms with Crippen molar-refractivity contribution in [3.63, 3.8) is 0 Å². The zero-order chi connectivity index (χ0) is 31.5. The first kappa shape index (κ1) is 39.0. The number of methoxy groups -OCH3 is 1. The molecule has 0 aromatic carbocycles. The highest BCUT2D eigenvalue weighted by molar-refractivity contribution is 6.00. The minimum atomic E-state index is -4.68. The lowest BCUT2D eigenvalue weighted by molar-refractivity contribution is -0.117. The van der Waals surface area contributed by atoms with Crippen molar-refractivity contribution in [2.75, 3.05) is 13.7 Å². The highest BCUT2D eigenvalue weighted by Gasteiger charge is 2.35. The van der Waals surface area contributed by atoms with Crippen molar-refractivity contribution in [2.24, 2.45) is 9.98 Å². The topological polar surface area (TPSA) is 63.0 Å². The van der Waals surface area contributed by atoms with Crippen molar-refractivity contribution in [1.82, 2.24) is 5.32 Å². The first-order valence-electron chi connectivity index (χ1n) is 13.2. The summed E-state index contributed by atoms with van der Waals surface area (Å²) in [6, 6.07) is 0. The second kappa shape index (κ2) is 19.9. The molecule has 40 heavy (non-hydrogen) atoms. The molecule has 1 amide bonds. The number of nitrogens with zero attached hydrogens (tertiary/aromatic N) is 2. The van der Waals surface area contributed by atoms with E-state index in [4.69, 9.17) is 4.74 Å². The van der Waals surface area contributed by atoms with Gasteiger partial charge in [0, 0.05) is 5.57 Å². The van der Waals surface area contributed by atoms with Gasteiger partial charge in [0.25, 0.3) is 5.91 Å². The molecule has 0 unspecified atom stereocenters. The second-order valence-electron chi connectivity index (χ2n) is 8.02. The second-order valence-corrected chi connectivity index (χ2v) is 8.02. The first-order valence-corrected chi connectivity index (χ1v) is 13.2. The summed E-state index contributed by atoms with van der Waals surface area (Å²) in [6.07, 6.45) is -2.52. The zero-order valence-corrected chi connectivity index (χ0v) is 24.9. The van der Waals surface area contributed by atoms with E-state index < -0.39 is 35.2 Å². The smallest absolute Gasteiger partial charge is 0.429 e. The first-order chi connectivity index (χ1) is 18.7. The number of halogens is 6. The maximum atomic E-state index is 13.6. The van der Waals surface area contributed by atoms with Crippen molar-refractivity contribution in [3.8, 4) is 0 Å². The van der Waals surface area contributed by atoms with Gasteiger partial charge < -0.3 is 10.1 Å². The van der Waals surface area contributed by atoms with Crippen LogP contribution in [0.4, 0.5) is 26.3 Å². The van der Waals surface area contributed by atoms with Crippen LogP contribution in [0.25, 0.3) is 0 Å². The Bertz CT molecular complexity index is 1010. The predicted molar refractivity (Wildman–Crippen MR) is 151 cm³/mol. The quantitative estimate of drug-likeness (QED) is 0.0825. The maximum Gasteiger partial charge on any atom is 0.429 e. The average molecular weight is 580 g/mol. The van der Waals surface area contributed by atoms with Gasteiger partial charge in [-0.05, 0) is 51.7 Å². The van der Waals surface area contributed by atoms with Gasteiger partial charge in [0.15, 0.2) is 0 Å². The molecule has 0 rings (SSSR count). The number of amides is 1. The number of aliphatic imine (C=N–C) groups is 2. The number of allylic oxidation sites excluding steroid dienone is 7. The van der Waals surface area contributed by atoms with Gasteiger partial charge in [-0.3, -0.25) is 4.79 Å². The Labute approximate surface area is 234 Å². The molecule has 0 fully saturated rings. The fraction of sp³-hybridized carbons (Fsp3) is 0.552. The van der Waals surface area contributed by atoms with Crippen LogP contribution < -0.4 is 5.32 Å². The summed E-state index contributed by atoms with van der Waals surface area (Å²) in [7, 11) is 1.26. The predicted octanol–water partition coefficient (Wildman–Crippen LogP) is 8.97. The van der Waals surface area contributed by atoms with Crippen LogP contribution >= 0.6 is 0 Å². The van der Waals surface area contributed by atoms with E-state index in [1.54, 1.807) is 33.8 Å². The van der Waals surface area contributed by atoms with Crippen LogP contribution in [0.5, 0.6) is 0 Å². The zero-order valence-electron chi connectivity index (χ0n) is 24.9. The van der Waals surface area contributed by atoms with Crippen LogP contribution in [-0.2, 0) is 9.53 Å². The Hall–Kier alpha value is -3.11. The van der Waals surface area contributed by atoms with Crippen molar-refractivity contribution in [3.05, 3.63) is 58.5 Å². The van der Waals surface area contributed by atoms with Crippen LogP contribution in [0.3, 0.4) is 0 Å². The fourth-order valence-electron chi connectivity index (χ4n) is 3.01. The molecule has 0 bridgehead atoms. The van der Waals surface area contributed by atoms with Crippen molar-refractivity contribution in [2.45, 2.75) is 93.4 Å².